The smallest absolute Gasteiger partial charge is 0.314 e. The van der Waals surface area contributed by atoms with E-state index in [0.29, 0.717) is 17.4 Å². The molecule has 8 heteroatoms. The topological polar surface area (TPSA) is 76.7 Å². The van der Waals surface area contributed by atoms with Crippen LogP contribution in [0.15, 0.2) is 47.1 Å². The molecule has 2 heterocycles. The van der Waals surface area contributed by atoms with E-state index in [9.17, 15) is 8.78 Å². The van der Waals surface area contributed by atoms with Gasteiger partial charge in [-0.3, -0.25) is 0 Å². The van der Waals surface area contributed by atoms with Crippen molar-refractivity contribution in [2.75, 3.05) is 5.32 Å². The Labute approximate surface area is 149 Å². The van der Waals surface area contributed by atoms with Crippen molar-refractivity contribution < 1.29 is 13.2 Å². The van der Waals surface area contributed by atoms with Crippen molar-refractivity contribution in [3.8, 4) is 11.5 Å². The molecule has 0 aliphatic heterocycles. The van der Waals surface area contributed by atoms with Gasteiger partial charge >= 0.3 is 6.43 Å². The highest BCUT2D eigenvalue weighted by Gasteiger charge is 2.18. The highest BCUT2D eigenvalue weighted by atomic mass is 19.3. The SMILES string of the molecule is CC(C)CC(Nc1ncc(-c2nnc(C(F)F)o2)cn1)c1ccccc1. The Hall–Kier alpha value is -2.90. The number of alkyl halides is 2. The first-order valence-electron chi connectivity index (χ1n) is 8.28. The van der Waals surface area contributed by atoms with Crippen LogP contribution in [0.3, 0.4) is 0 Å². The van der Waals surface area contributed by atoms with Crippen molar-refractivity contribution in [3.05, 3.63) is 54.2 Å². The number of benzene rings is 1. The predicted molar refractivity (Wildman–Crippen MR) is 92.5 cm³/mol. The van der Waals surface area contributed by atoms with Crippen LogP contribution in [0.2, 0.25) is 0 Å². The first-order chi connectivity index (χ1) is 12.5. The number of hydrogen-bond donors (Lipinski definition) is 1. The summed E-state index contributed by atoms with van der Waals surface area (Å²) in [5, 5.41) is 10.2. The van der Waals surface area contributed by atoms with Crippen molar-refractivity contribution in [1.29, 1.82) is 0 Å². The molecule has 1 N–H and O–H groups in total. The van der Waals surface area contributed by atoms with Crippen LogP contribution in [0.25, 0.3) is 11.5 Å². The molecule has 1 unspecified atom stereocenters. The van der Waals surface area contributed by atoms with E-state index < -0.39 is 12.3 Å². The van der Waals surface area contributed by atoms with Gasteiger partial charge in [-0.05, 0) is 17.9 Å². The molecule has 0 spiro atoms. The number of nitrogens with zero attached hydrogens (tertiary/aromatic N) is 4. The summed E-state index contributed by atoms with van der Waals surface area (Å²) >= 11 is 0. The Kier molecular flexibility index (Phi) is 5.50. The number of aromatic nitrogens is 4. The molecule has 0 saturated carbocycles. The summed E-state index contributed by atoms with van der Waals surface area (Å²) in [5.41, 5.74) is 1.53. The molecule has 3 rings (SSSR count). The van der Waals surface area contributed by atoms with Gasteiger partial charge in [0.25, 0.3) is 11.8 Å². The fourth-order valence-corrected chi connectivity index (χ4v) is 2.54. The number of rotatable bonds is 7. The first-order valence-corrected chi connectivity index (χ1v) is 8.28. The predicted octanol–water partition coefficient (Wildman–Crippen LogP) is 4.66. The molecule has 0 saturated heterocycles. The summed E-state index contributed by atoms with van der Waals surface area (Å²) in [6, 6.07) is 10.1. The molecule has 0 radical (unpaired) electrons. The Morgan fingerprint density at radius 3 is 2.31 bits per heavy atom. The Bertz CT molecular complexity index is 821. The van der Waals surface area contributed by atoms with Crippen LogP contribution in [0.5, 0.6) is 0 Å². The molecule has 1 atom stereocenters. The number of halogens is 2. The fourth-order valence-electron chi connectivity index (χ4n) is 2.54. The van der Waals surface area contributed by atoms with Crippen molar-refractivity contribution in [2.24, 2.45) is 5.92 Å². The maximum absolute atomic E-state index is 12.5. The van der Waals surface area contributed by atoms with E-state index in [0.717, 1.165) is 12.0 Å². The second kappa shape index (κ2) is 7.99. The van der Waals surface area contributed by atoms with Crippen LogP contribution < -0.4 is 5.32 Å². The molecule has 0 bridgehead atoms. The molecule has 26 heavy (non-hydrogen) atoms. The van der Waals surface area contributed by atoms with Crippen molar-refractivity contribution in [2.45, 2.75) is 32.7 Å². The Morgan fingerprint density at radius 1 is 1.04 bits per heavy atom. The van der Waals surface area contributed by atoms with E-state index in [1.54, 1.807) is 0 Å². The standard InChI is InChI=1S/C18H19F2N5O/c1-11(2)8-14(12-6-4-3-5-7-12)23-18-21-9-13(10-22-18)16-24-25-17(26-16)15(19)20/h3-7,9-11,14-15H,8H2,1-2H3,(H,21,22,23). The van der Waals surface area contributed by atoms with Crippen LogP contribution in [0.4, 0.5) is 14.7 Å². The number of anilines is 1. The van der Waals surface area contributed by atoms with Crippen LogP contribution in [0, 0.1) is 5.92 Å². The van der Waals surface area contributed by atoms with Gasteiger partial charge < -0.3 is 9.73 Å². The average Bonchev–Trinajstić information content (AvgIpc) is 3.13. The maximum Gasteiger partial charge on any atom is 0.314 e. The molecule has 2 aromatic heterocycles. The van der Waals surface area contributed by atoms with E-state index in [-0.39, 0.29) is 11.9 Å². The van der Waals surface area contributed by atoms with Crippen LogP contribution in [0.1, 0.15) is 44.2 Å². The van der Waals surface area contributed by atoms with Gasteiger partial charge in [-0.25, -0.2) is 9.97 Å². The van der Waals surface area contributed by atoms with Crippen molar-refractivity contribution in [1.82, 2.24) is 20.2 Å². The summed E-state index contributed by atoms with van der Waals surface area (Å²) < 4.78 is 30.0. The molecular weight excluding hydrogens is 340 g/mol. The third kappa shape index (κ3) is 4.38. The molecule has 6 nitrogen and oxygen atoms in total. The van der Waals surface area contributed by atoms with E-state index >= 15 is 0 Å². The molecule has 1 aromatic carbocycles. The van der Waals surface area contributed by atoms with Crippen LogP contribution in [-0.2, 0) is 0 Å². The zero-order valence-electron chi connectivity index (χ0n) is 14.4. The third-order valence-electron chi connectivity index (χ3n) is 3.74. The molecule has 0 amide bonds. The lowest BCUT2D eigenvalue weighted by molar-refractivity contribution is 0.116. The largest absolute Gasteiger partial charge is 0.415 e. The van der Waals surface area contributed by atoms with Gasteiger partial charge in [-0.1, -0.05) is 44.2 Å². The highest BCUT2D eigenvalue weighted by Crippen LogP contribution is 2.26. The van der Waals surface area contributed by atoms with Crippen LogP contribution >= 0.6 is 0 Å². The lowest BCUT2D eigenvalue weighted by Crippen LogP contribution is -2.15. The molecule has 3 aromatic rings. The number of hydrogen-bond acceptors (Lipinski definition) is 6. The van der Waals surface area contributed by atoms with Crippen molar-refractivity contribution >= 4 is 5.95 Å². The van der Waals surface area contributed by atoms with Crippen molar-refractivity contribution in [3.63, 3.8) is 0 Å². The summed E-state index contributed by atoms with van der Waals surface area (Å²) in [6.07, 6.45) is 1.04. The molecule has 0 aliphatic rings. The minimum atomic E-state index is -2.80. The zero-order chi connectivity index (χ0) is 18.5. The Balaban J connectivity index is 1.76. The maximum atomic E-state index is 12.5. The van der Waals surface area contributed by atoms with Gasteiger partial charge in [0, 0.05) is 12.4 Å². The molecule has 0 aliphatic carbocycles. The summed E-state index contributed by atoms with van der Waals surface area (Å²) in [5.74, 6) is 0.173. The van der Waals surface area contributed by atoms with E-state index in [1.165, 1.54) is 12.4 Å². The van der Waals surface area contributed by atoms with Gasteiger partial charge in [0.1, 0.15) is 0 Å². The third-order valence-corrected chi connectivity index (χ3v) is 3.74. The van der Waals surface area contributed by atoms with E-state index in [4.69, 9.17) is 4.42 Å². The normalized spacial score (nSPS) is 12.5. The van der Waals surface area contributed by atoms with Gasteiger partial charge in [-0.2, -0.15) is 8.78 Å². The molecular formula is C18H19F2N5O. The van der Waals surface area contributed by atoms with Gasteiger partial charge in [0.05, 0.1) is 11.6 Å². The average molecular weight is 359 g/mol. The lowest BCUT2D eigenvalue weighted by atomic mass is 9.97. The number of nitrogens with one attached hydrogen (secondary N) is 1. The minimum absolute atomic E-state index is 0.0337. The first kappa shape index (κ1) is 17.9. The quantitative estimate of drug-likeness (QED) is 0.661. The van der Waals surface area contributed by atoms with E-state index in [2.05, 4.69) is 51.5 Å². The van der Waals surface area contributed by atoms with Crippen LogP contribution in [-0.4, -0.2) is 20.2 Å². The lowest BCUT2D eigenvalue weighted by Gasteiger charge is -2.21. The molecule has 0 fully saturated rings. The second-order valence-corrected chi connectivity index (χ2v) is 6.28. The van der Waals surface area contributed by atoms with Gasteiger partial charge in [0.2, 0.25) is 5.95 Å². The van der Waals surface area contributed by atoms with Gasteiger partial charge in [-0.15, -0.1) is 10.2 Å². The zero-order valence-corrected chi connectivity index (χ0v) is 14.4. The summed E-state index contributed by atoms with van der Waals surface area (Å²) in [4.78, 5) is 8.49. The molecule has 136 valence electrons. The fraction of sp³-hybridized carbons (Fsp3) is 0.333. The second-order valence-electron chi connectivity index (χ2n) is 6.28. The summed E-state index contributed by atoms with van der Waals surface area (Å²) in [7, 11) is 0. The van der Waals surface area contributed by atoms with E-state index in [1.807, 2.05) is 18.2 Å². The highest BCUT2D eigenvalue weighted by molar-refractivity contribution is 5.50. The summed E-state index contributed by atoms with van der Waals surface area (Å²) in [6.45, 7) is 4.30. The monoisotopic (exact) mass is 359 g/mol. The van der Waals surface area contributed by atoms with Gasteiger partial charge in [0.15, 0.2) is 0 Å². The minimum Gasteiger partial charge on any atom is -0.415 e. The Morgan fingerprint density at radius 2 is 1.73 bits per heavy atom.